The van der Waals surface area contributed by atoms with Crippen molar-refractivity contribution in [2.45, 2.75) is 13.2 Å². The van der Waals surface area contributed by atoms with Crippen LogP contribution in [0, 0.1) is 0 Å². The molecule has 4 nitrogen and oxygen atoms in total. The molecule has 1 aliphatic heterocycles. The molecule has 0 aliphatic carbocycles. The van der Waals surface area contributed by atoms with E-state index in [1.807, 2.05) is 37.3 Å². The third-order valence-corrected chi connectivity index (χ3v) is 2.11. The van der Waals surface area contributed by atoms with Crippen LogP contribution < -0.4 is 5.32 Å². The summed E-state index contributed by atoms with van der Waals surface area (Å²) in [5.74, 6) is 0.602. The van der Waals surface area contributed by atoms with Crippen LogP contribution in [0.1, 0.15) is 18.7 Å². The number of rotatable bonds is 2. The van der Waals surface area contributed by atoms with E-state index in [1.54, 1.807) is 0 Å². The topological polar surface area (TPSA) is 42.9 Å². The second-order valence-corrected chi connectivity index (χ2v) is 3.20. The van der Waals surface area contributed by atoms with Crippen molar-refractivity contribution in [1.29, 1.82) is 0 Å². The predicted octanol–water partition coefficient (Wildman–Crippen LogP) is 1.66. The molecule has 0 saturated carbocycles. The van der Waals surface area contributed by atoms with E-state index >= 15 is 0 Å². The first kappa shape index (κ1) is 9.98. The van der Waals surface area contributed by atoms with Gasteiger partial charge in [-0.25, -0.2) is 0 Å². The first-order valence-electron chi connectivity index (χ1n) is 5.04. The summed E-state index contributed by atoms with van der Waals surface area (Å²) < 4.78 is 5.23. The average Bonchev–Trinajstić information content (AvgIpc) is 2.32. The SMILES string of the molecule is CCOC1=NOC(c2ccccc2)NC1. The molecule has 0 saturated heterocycles. The molecule has 1 aliphatic rings. The standard InChI is InChI=1S/C11H14N2O2/c1-2-14-10-8-12-11(15-13-10)9-6-4-3-5-7-9/h3-7,11-12H,2,8H2,1H3. The molecule has 0 spiro atoms. The van der Waals surface area contributed by atoms with Crippen LogP contribution in [0.2, 0.25) is 0 Å². The van der Waals surface area contributed by atoms with Crippen LogP contribution in [0.5, 0.6) is 0 Å². The third kappa shape index (κ3) is 2.47. The summed E-state index contributed by atoms with van der Waals surface area (Å²) in [7, 11) is 0. The minimum atomic E-state index is -0.171. The number of ether oxygens (including phenoxy) is 1. The van der Waals surface area contributed by atoms with Crippen LogP contribution in [0.15, 0.2) is 35.5 Å². The van der Waals surface area contributed by atoms with Crippen LogP contribution in [0.3, 0.4) is 0 Å². The lowest BCUT2D eigenvalue weighted by molar-refractivity contribution is 0.0154. The summed E-state index contributed by atoms with van der Waals surface area (Å²) >= 11 is 0. The van der Waals surface area contributed by atoms with Gasteiger partial charge >= 0.3 is 0 Å². The van der Waals surface area contributed by atoms with E-state index in [4.69, 9.17) is 9.57 Å². The first-order chi connectivity index (χ1) is 7.40. The van der Waals surface area contributed by atoms with Crippen molar-refractivity contribution >= 4 is 5.90 Å². The zero-order valence-electron chi connectivity index (χ0n) is 8.64. The van der Waals surface area contributed by atoms with Crippen molar-refractivity contribution in [2.24, 2.45) is 5.16 Å². The fraction of sp³-hybridized carbons (Fsp3) is 0.364. The van der Waals surface area contributed by atoms with E-state index in [-0.39, 0.29) is 6.23 Å². The lowest BCUT2D eigenvalue weighted by Crippen LogP contribution is -2.34. The van der Waals surface area contributed by atoms with E-state index in [0.717, 1.165) is 5.56 Å². The molecule has 1 heterocycles. The number of benzene rings is 1. The molecular weight excluding hydrogens is 192 g/mol. The van der Waals surface area contributed by atoms with E-state index in [1.165, 1.54) is 0 Å². The maximum atomic E-state index is 5.28. The van der Waals surface area contributed by atoms with Crippen LogP contribution in [-0.2, 0) is 9.57 Å². The molecule has 1 aromatic carbocycles. The van der Waals surface area contributed by atoms with Crippen LogP contribution in [0.4, 0.5) is 0 Å². The lowest BCUT2D eigenvalue weighted by Gasteiger charge is -2.22. The van der Waals surface area contributed by atoms with E-state index in [9.17, 15) is 0 Å². The normalized spacial score (nSPS) is 20.3. The highest BCUT2D eigenvalue weighted by atomic mass is 16.7. The van der Waals surface area contributed by atoms with Crippen molar-refractivity contribution in [3.8, 4) is 0 Å². The fourth-order valence-corrected chi connectivity index (χ4v) is 1.41. The minimum Gasteiger partial charge on any atom is -0.478 e. The monoisotopic (exact) mass is 206 g/mol. The Morgan fingerprint density at radius 3 is 2.87 bits per heavy atom. The zero-order valence-corrected chi connectivity index (χ0v) is 8.64. The van der Waals surface area contributed by atoms with Crippen molar-refractivity contribution in [3.05, 3.63) is 35.9 Å². The predicted molar refractivity (Wildman–Crippen MR) is 57.3 cm³/mol. The molecule has 1 atom stereocenters. The molecule has 1 aromatic rings. The van der Waals surface area contributed by atoms with Gasteiger partial charge in [-0.2, -0.15) is 0 Å². The Bertz CT molecular complexity index is 338. The number of nitrogens with zero attached hydrogens (tertiary/aromatic N) is 1. The van der Waals surface area contributed by atoms with Gasteiger partial charge in [0, 0.05) is 5.56 Å². The lowest BCUT2D eigenvalue weighted by atomic mass is 10.2. The van der Waals surface area contributed by atoms with E-state index < -0.39 is 0 Å². The van der Waals surface area contributed by atoms with Crippen molar-refractivity contribution in [1.82, 2.24) is 5.32 Å². The van der Waals surface area contributed by atoms with Crippen LogP contribution >= 0.6 is 0 Å². The van der Waals surface area contributed by atoms with Crippen molar-refractivity contribution in [3.63, 3.8) is 0 Å². The Kier molecular flexibility index (Phi) is 3.19. The molecule has 1 unspecified atom stereocenters. The van der Waals surface area contributed by atoms with Gasteiger partial charge in [0.2, 0.25) is 12.1 Å². The van der Waals surface area contributed by atoms with E-state index in [2.05, 4.69) is 10.5 Å². The van der Waals surface area contributed by atoms with Crippen LogP contribution in [0.25, 0.3) is 0 Å². The molecule has 0 aromatic heterocycles. The van der Waals surface area contributed by atoms with Crippen molar-refractivity contribution in [2.75, 3.05) is 13.2 Å². The van der Waals surface area contributed by atoms with Gasteiger partial charge in [0.1, 0.15) is 0 Å². The Balaban J connectivity index is 1.99. The highest BCUT2D eigenvalue weighted by molar-refractivity contribution is 5.78. The molecule has 80 valence electrons. The molecule has 4 heteroatoms. The second-order valence-electron chi connectivity index (χ2n) is 3.20. The highest BCUT2D eigenvalue weighted by Gasteiger charge is 2.18. The molecule has 0 fully saturated rings. The number of oxime groups is 1. The van der Waals surface area contributed by atoms with Gasteiger partial charge in [-0.05, 0) is 12.1 Å². The van der Waals surface area contributed by atoms with Crippen molar-refractivity contribution < 1.29 is 9.57 Å². The van der Waals surface area contributed by atoms with Gasteiger partial charge in [-0.15, -0.1) is 0 Å². The molecule has 1 N–H and O–H groups in total. The summed E-state index contributed by atoms with van der Waals surface area (Å²) in [5.41, 5.74) is 1.07. The summed E-state index contributed by atoms with van der Waals surface area (Å²) in [6.07, 6.45) is -0.171. The molecule has 0 bridgehead atoms. The summed E-state index contributed by atoms with van der Waals surface area (Å²) in [4.78, 5) is 5.28. The summed E-state index contributed by atoms with van der Waals surface area (Å²) in [6, 6.07) is 9.92. The third-order valence-electron chi connectivity index (χ3n) is 2.11. The van der Waals surface area contributed by atoms with Gasteiger partial charge in [0.15, 0.2) is 0 Å². The van der Waals surface area contributed by atoms with Gasteiger partial charge in [-0.3, -0.25) is 5.32 Å². The molecule has 0 amide bonds. The molecule has 2 rings (SSSR count). The molecule has 15 heavy (non-hydrogen) atoms. The largest absolute Gasteiger partial charge is 0.478 e. The van der Waals surface area contributed by atoms with Gasteiger partial charge in [0.05, 0.1) is 13.2 Å². The summed E-state index contributed by atoms with van der Waals surface area (Å²) in [5, 5.41) is 7.10. The second kappa shape index (κ2) is 4.79. The number of nitrogens with one attached hydrogen (secondary N) is 1. The Morgan fingerprint density at radius 2 is 2.27 bits per heavy atom. The number of hydrogen-bond acceptors (Lipinski definition) is 4. The highest BCUT2D eigenvalue weighted by Crippen LogP contribution is 2.16. The van der Waals surface area contributed by atoms with Gasteiger partial charge < -0.3 is 9.57 Å². The zero-order chi connectivity index (χ0) is 10.5. The summed E-state index contributed by atoms with van der Waals surface area (Å²) in [6.45, 7) is 3.14. The van der Waals surface area contributed by atoms with E-state index in [0.29, 0.717) is 19.0 Å². The molecular formula is C11H14N2O2. The maximum Gasteiger partial charge on any atom is 0.239 e. The van der Waals surface area contributed by atoms with Gasteiger partial charge in [0.25, 0.3) is 0 Å². The molecule has 0 radical (unpaired) electrons. The Hall–Kier alpha value is -1.55. The first-order valence-corrected chi connectivity index (χ1v) is 5.04. The quantitative estimate of drug-likeness (QED) is 0.800. The smallest absolute Gasteiger partial charge is 0.239 e. The Labute approximate surface area is 88.9 Å². The van der Waals surface area contributed by atoms with Gasteiger partial charge in [-0.1, -0.05) is 30.3 Å². The number of hydrogen-bond donors (Lipinski definition) is 1. The fourth-order valence-electron chi connectivity index (χ4n) is 1.41. The Morgan fingerprint density at radius 1 is 1.47 bits per heavy atom. The average molecular weight is 206 g/mol. The minimum absolute atomic E-state index is 0.171. The maximum absolute atomic E-state index is 5.28. The van der Waals surface area contributed by atoms with Crippen LogP contribution in [-0.4, -0.2) is 19.0 Å².